The SMILES string of the molecule is CN(C)C(=O)c1ccc(-c2cc(-c3ccnc4[nH]c(C(=O)NCC(N)=O)cc34)cnc2N)nc1. The number of anilines is 1. The first-order valence-corrected chi connectivity index (χ1v) is 10.2. The summed E-state index contributed by atoms with van der Waals surface area (Å²) >= 11 is 0. The average Bonchev–Trinajstić information content (AvgIpc) is 3.27. The van der Waals surface area contributed by atoms with Crippen LogP contribution in [0, 0.1) is 0 Å². The zero-order valence-electron chi connectivity index (χ0n) is 18.5. The van der Waals surface area contributed by atoms with E-state index in [2.05, 4.69) is 25.3 Å². The van der Waals surface area contributed by atoms with Gasteiger partial charge in [0.05, 0.1) is 17.8 Å². The number of carbonyl (C=O) groups excluding carboxylic acids is 3. The monoisotopic (exact) mass is 458 g/mol. The van der Waals surface area contributed by atoms with Gasteiger partial charge in [-0.2, -0.15) is 0 Å². The lowest BCUT2D eigenvalue weighted by Gasteiger charge is -2.11. The summed E-state index contributed by atoms with van der Waals surface area (Å²) in [6.07, 6.45) is 4.73. The van der Waals surface area contributed by atoms with Crippen molar-refractivity contribution in [2.75, 3.05) is 26.4 Å². The van der Waals surface area contributed by atoms with Gasteiger partial charge in [0.2, 0.25) is 5.91 Å². The number of pyridine rings is 3. The van der Waals surface area contributed by atoms with E-state index >= 15 is 0 Å². The Morgan fingerprint density at radius 1 is 1.03 bits per heavy atom. The standard InChI is InChI=1S/C23H22N8O3/c1-31(2)23(34)12-3-4-17(27-9-12)16-7-13(10-28-20(16)25)14-5-6-26-21-15(14)8-18(30-21)22(33)29-11-19(24)32/h3-10H,11H2,1-2H3,(H2,24,32)(H2,25,28)(H,26,30)(H,29,33). The van der Waals surface area contributed by atoms with E-state index in [1.165, 1.54) is 11.1 Å². The molecule has 0 atom stereocenters. The smallest absolute Gasteiger partial charge is 0.268 e. The summed E-state index contributed by atoms with van der Waals surface area (Å²) in [5.74, 6) is -0.984. The highest BCUT2D eigenvalue weighted by atomic mass is 16.2. The van der Waals surface area contributed by atoms with Gasteiger partial charge in [0.25, 0.3) is 11.8 Å². The quantitative estimate of drug-likeness (QED) is 0.336. The number of aromatic amines is 1. The summed E-state index contributed by atoms with van der Waals surface area (Å²) in [4.78, 5) is 52.8. The fraction of sp³-hybridized carbons (Fsp3) is 0.130. The van der Waals surface area contributed by atoms with Gasteiger partial charge >= 0.3 is 0 Å². The van der Waals surface area contributed by atoms with Crippen LogP contribution < -0.4 is 16.8 Å². The Labute approximate surface area is 194 Å². The van der Waals surface area contributed by atoms with E-state index in [-0.39, 0.29) is 24.0 Å². The van der Waals surface area contributed by atoms with Gasteiger partial charge < -0.3 is 26.7 Å². The van der Waals surface area contributed by atoms with E-state index in [0.29, 0.717) is 27.9 Å². The molecular weight excluding hydrogens is 436 g/mol. The number of aromatic nitrogens is 4. The summed E-state index contributed by atoms with van der Waals surface area (Å²) in [6, 6.07) is 8.68. The third kappa shape index (κ3) is 4.39. The summed E-state index contributed by atoms with van der Waals surface area (Å²) in [5.41, 5.74) is 15.1. The topological polar surface area (TPSA) is 173 Å². The normalized spacial score (nSPS) is 10.8. The van der Waals surface area contributed by atoms with Gasteiger partial charge in [0.15, 0.2) is 0 Å². The Morgan fingerprint density at radius 2 is 1.82 bits per heavy atom. The minimum atomic E-state index is -0.642. The third-order valence-corrected chi connectivity index (χ3v) is 5.12. The highest BCUT2D eigenvalue weighted by Gasteiger charge is 2.16. The van der Waals surface area contributed by atoms with Crippen LogP contribution in [-0.4, -0.2) is 63.2 Å². The first-order valence-electron chi connectivity index (χ1n) is 10.2. The summed E-state index contributed by atoms with van der Waals surface area (Å²) in [6.45, 7) is -0.272. The first-order chi connectivity index (χ1) is 16.2. The molecule has 34 heavy (non-hydrogen) atoms. The maximum absolute atomic E-state index is 12.3. The molecule has 4 aromatic rings. The Balaban J connectivity index is 1.71. The molecular formula is C23H22N8O3. The van der Waals surface area contributed by atoms with Gasteiger partial charge in [0.1, 0.15) is 17.2 Å². The maximum Gasteiger partial charge on any atom is 0.268 e. The molecule has 0 aliphatic heterocycles. The molecule has 0 radical (unpaired) electrons. The van der Waals surface area contributed by atoms with E-state index in [4.69, 9.17) is 11.5 Å². The molecule has 0 bridgehead atoms. The van der Waals surface area contributed by atoms with E-state index in [0.717, 1.165) is 11.1 Å². The van der Waals surface area contributed by atoms with Crippen molar-refractivity contribution in [1.29, 1.82) is 0 Å². The number of amides is 3. The van der Waals surface area contributed by atoms with E-state index in [1.807, 2.05) is 6.07 Å². The van der Waals surface area contributed by atoms with Crippen LogP contribution in [0.3, 0.4) is 0 Å². The minimum Gasteiger partial charge on any atom is -0.383 e. The van der Waals surface area contributed by atoms with Crippen molar-refractivity contribution in [3.05, 3.63) is 60.2 Å². The molecule has 11 heteroatoms. The van der Waals surface area contributed by atoms with E-state index in [9.17, 15) is 14.4 Å². The highest BCUT2D eigenvalue weighted by Crippen LogP contribution is 2.32. The van der Waals surface area contributed by atoms with E-state index < -0.39 is 11.8 Å². The lowest BCUT2D eigenvalue weighted by Crippen LogP contribution is -2.33. The van der Waals surface area contributed by atoms with Crippen LogP contribution in [0.15, 0.2) is 48.9 Å². The van der Waals surface area contributed by atoms with Gasteiger partial charge in [-0.1, -0.05) is 0 Å². The van der Waals surface area contributed by atoms with Gasteiger partial charge in [0, 0.05) is 49.2 Å². The zero-order chi connectivity index (χ0) is 24.4. The number of carbonyl (C=O) groups is 3. The number of fused-ring (bicyclic) bond motifs is 1. The molecule has 0 unspecified atom stereocenters. The van der Waals surface area contributed by atoms with Crippen molar-refractivity contribution in [3.63, 3.8) is 0 Å². The molecule has 0 aliphatic rings. The summed E-state index contributed by atoms with van der Waals surface area (Å²) < 4.78 is 0. The second-order valence-corrected chi connectivity index (χ2v) is 7.74. The second-order valence-electron chi connectivity index (χ2n) is 7.74. The number of primary amides is 1. The van der Waals surface area contributed by atoms with Crippen LogP contribution in [0.2, 0.25) is 0 Å². The number of nitrogens with two attached hydrogens (primary N) is 2. The summed E-state index contributed by atoms with van der Waals surface area (Å²) in [7, 11) is 3.34. The van der Waals surface area contributed by atoms with Crippen molar-refractivity contribution in [1.82, 2.24) is 30.2 Å². The molecule has 4 aromatic heterocycles. The molecule has 4 rings (SSSR count). The highest BCUT2D eigenvalue weighted by molar-refractivity contribution is 6.02. The fourth-order valence-corrected chi connectivity index (χ4v) is 3.43. The molecule has 3 amide bonds. The second kappa shape index (κ2) is 8.98. The Hall–Kier alpha value is -4.80. The predicted octanol–water partition coefficient (Wildman–Crippen LogP) is 1.19. The Bertz CT molecular complexity index is 1410. The van der Waals surface area contributed by atoms with Crippen LogP contribution in [0.5, 0.6) is 0 Å². The molecule has 4 heterocycles. The zero-order valence-corrected chi connectivity index (χ0v) is 18.5. The molecule has 0 saturated carbocycles. The largest absolute Gasteiger partial charge is 0.383 e. The van der Waals surface area contributed by atoms with Crippen molar-refractivity contribution in [2.24, 2.45) is 5.73 Å². The molecule has 0 saturated heterocycles. The Kier molecular flexibility index (Phi) is 5.92. The van der Waals surface area contributed by atoms with Gasteiger partial charge in [-0.25, -0.2) is 9.97 Å². The van der Waals surface area contributed by atoms with Crippen LogP contribution >= 0.6 is 0 Å². The van der Waals surface area contributed by atoms with Crippen LogP contribution in [-0.2, 0) is 4.79 Å². The fourth-order valence-electron chi connectivity index (χ4n) is 3.43. The van der Waals surface area contributed by atoms with Crippen LogP contribution in [0.4, 0.5) is 5.82 Å². The molecule has 0 fully saturated rings. The molecule has 172 valence electrons. The van der Waals surface area contributed by atoms with Gasteiger partial charge in [-0.15, -0.1) is 0 Å². The lowest BCUT2D eigenvalue weighted by atomic mass is 10.0. The third-order valence-electron chi connectivity index (χ3n) is 5.12. The number of H-pyrrole nitrogens is 1. The molecule has 11 nitrogen and oxygen atoms in total. The van der Waals surface area contributed by atoms with Crippen LogP contribution in [0.25, 0.3) is 33.4 Å². The van der Waals surface area contributed by atoms with Crippen molar-refractivity contribution >= 4 is 34.6 Å². The lowest BCUT2D eigenvalue weighted by molar-refractivity contribution is -0.117. The Morgan fingerprint density at radius 3 is 2.50 bits per heavy atom. The minimum absolute atomic E-state index is 0.152. The molecule has 0 aromatic carbocycles. The number of nitrogens with zero attached hydrogens (tertiary/aromatic N) is 4. The number of hydrogen-bond donors (Lipinski definition) is 4. The molecule has 0 aliphatic carbocycles. The van der Waals surface area contributed by atoms with Crippen molar-refractivity contribution in [3.8, 4) is 22.4 Å². The molecule has 6 N–H and O–H groups in total. The number of rotatable bonds is 6. The van der Waals surface area contributed by atoms with E-state index in [1.54, 1.807) is 50.8 Å². The maximum atomic E-state index is 12.3. The average molecular weight is 458 g/mol. The van der Waals surface area contributed by atoms with Crippen LogP contribution in [0.1, 0.15) is 20.8 Å². The number of nitrogen functional groups attached to an aromatic ring is 1. The molecule has 0 spiro atoms. The number of nitrogens with one attached hydrogen (secondary N) is 2. The first kappa shape index (κ1) is 22.4. The number of hydrogen-bond acceptors (Lipinski definition) is 7. The van der Waals surface area contributed by atoms with Crippen molar-refractivity contribution < 1.29 is 14.4 Å². The van der Waals surface area contributed by atoms with Crippen molar-refractivity contribution in [2.45, 2.75) is 0 Å². The van der Waals surface area contributed by atoms with Gasteiger partial charge in [-0.05, 0) is 35.9 Å². The summed E-state index contributed by atoms with van der Waals surface area (Å²) in [5, 5.41) is 3.12. The predicted molar refractivity (Wildman–Crippen MR) is 127 cm³/mol. The van der Waals surface area contributed by atoms with Gasteiger partial charge in [-0.3, -0.25) is 19.4 Å².